The number of furan rings is 1. The number of anilines is 1. The van der Waals surface area contributed by atoms with Gasteiger partial charge in [-0.3, -0.25) is 5.10 Å². The lowest BCUT2D eigenvalue weighted by Gasteiger charge is -1.96. The minimum atomic E-state index is 0.566. The van der Waals surface area contributed by atoms with Gasteiger partial charge in [-0.1, -0.05) is 0 Å². The number of hydrogen-bond acceptors (Lipinski definition) is 4. The third-order valence-corrected chi connectivity index (χ3v) is 2.64. The first-order chi connectivity index (χ1) is 8.28. The molecule has 0 unspecified atom stereocenters. The molecule has 0 aliphatic heterocycles. The second kappa shape index (κ2) is 3.55. The monoisotopic (exact) mass is 229 g/mol. The fraction of sp³-hybridized carbons (Fsp3) is 0.0833. The van der Waals surface area contributed by atoms with E-state index in [1.165, 1.54) is 0 Å². The van der Waals surface area contributed by atoms with Gasteiger partial charge in [-0.25, -0.2) is 0 Å². The normalized spacial score (nSPS) is 10.9. The first-order valence-electron chi connectivity index (χ1n) is 5.15. The summed E-state index contributed by atoms with van der Waals surface area (Å²) in [5.74, 6) is 1.43. The van der Waals surface area contributed by atoms with Gasteiger partial charge >= 0.3 is 0 Å². The van der Waals surface area contributed by atoms with Gasteiger partial charge in [0.25, 0.3) is 0 Å². The van der Waals surface area contributed by atoms with Crippen molar-refractivity contribution in [3.63, 3.8) is 0 Å². The number of nitrogens with one attached hydrogen (secondary N) is 1. The van der Waals surface area contributed by atoms with E-state index < -0.39 is 0 Å². The molecule has 0 aliphatic carbocycles. The van der Waals surface area contributed by atoms with Crippen molar-refractivity contribution in [2.24, 2.45) is 0 Å². The smallest absolute Gasteiger partial charge is 0.155 e. The Labute approximate surface area is 97.2 Å². The van der Waals surface area contributed by atoms with Crippen LogP contribution >= 0.6 is 0 Å². The van der Waals surface area contributed by atoms with Crippen LogP contribution in [0.2, 0.25) is 0 Å². The second-order valence-corrected chi connectivity index (χ2v) is 3.71. The van der Waals surface area contributed by atoms with E-state index in [9.17, 15) is 0 Å². The summed E-state index contributed by atoms with van der Waals surface area (Å²) in [6.45, 7) is 0. The summed E-state index contributed by atoms with van der Waals surface area (Å²) in [6, 6.07) is 7.58. The van der Waals surface area contributed by atoms with E-state index in [0.29, 0.717) is 17.1 Å². The lowest BCUT2D eigenvalue weighted by Crippen LogP contribution is -1.84. The predicted molar refractivity (Wildman–Crippen MR) is 64.8 cm³/mol. The Hall–Kier alpha value is -2.43. The van der Waals surface area contributed by atoms with Crippen molar-refractivity contribution in [2.75, 3.05) is 12.8 Å². The Morgan fingerprint density at radius 2 is 2.24 bits per heavy atom. The van der Waals surface area contributed by atoms with E-state index in [1.807, 2.05) is 24.3 Å². The fourth-order valence-corrected chi connectivity index (χ4v) is 1.75. The van der Waals surface area contributed by atoms with E-state index in [4.69, 9.17) is 14.9 Å². The van der Waals surface area contributed by atoms with Gasteiger partial charge in [-0.05, 0) is 18.2 Å². The van der Waals surface area contributed by atoms with Gasteiger partial charge in [0.15, 0.2) is 5.76 Å². The van der Waals surface area contributed by atoms with Crippen molar-refractivity contribution in [1.29, 1.82) is 0 Å². The van der Waals surface area contributed by atoms with Gasteiger partial charge in [0.05, 0.1) is 19.0 Å². The molecule has 5 heteroatoms. The molecule has 5 nitrogen and oxygen atoms in total. The molecule has 3 rings (SSSR count). The topological polar surface area (TPSA) is 77.1 Å². The molecule has 0 atom stereocenters. The SMILES string of the molecule is COc1ccc2cc(-c3[nH]ncc3N)oc2c1. The van der Waals surface area contributed by atoms with Crippen LogP contribution in [0.5, 0.6) is 5.75 Å². The lowest BCUT2D eigenvalue weighted by atomic mass is 10.2. The fourth-order valence-electron chi connectivity index (χ4n) is 1.75. The van der Waals surface area contributed by atoms with Crippen molar-refractivity contribution in [3.05, 3.63) is 30.5 Å². The number of rotatable bonds is 2. The zero-order valence-electron chi connectivity index (χ0n) is 9.23. The number of benzene rings is 1. The van der Waals surface area contributed by atoms with E-state index in [-0.39, 0.29) is 0 Å². The standard InChI is InChI=1S/C12H11N3O2/c1-16-8-3-2-7-4-11(17-10(7)5-8)12-9(13)6-14-15-12/h2-6H,13H2,1H3,(H,14,15). The Morgan fingerprint density at radius 3 is 2.94 bits per heavy atom. The second-order valence-electron chi connectivity index (χ2n) is 3.71. The molecule has 0 saturated heterocycles. The maximum atomic E-state index is 5.77. The number of ether oxygens (including phenoxy) is 1. The largest absolute Gasteiger partial charge is 0.497 e. The Balaban J connectivity index is 2.17. The maximum absolute atomic E-state index is 5.77. The number of nitrogens with two attached hydrogens (primary N) is 1. The first kappa shape index (κ1) is 9.77. The predicted octanol–water partition coefficient (Wildman–Crippen LogP) is 2.41. The lowest BCUT2D eigenvalue weighted by molar-refractivity contribution is 0.414. The van der Waals surface area contributed by atoms with Crippen LogP contribution in [0.4, 0.5) is 5.69 Å². The van der Waals surface area contributed by atoms with Crippen molar-refractivity contribution in [3.8, 4) is 17.2 Å². The van der Waals surface area contributed by atoms with Crippen LogP contribution in [-0.2, 0) is 0 Å². The summed E-state index contributed by atoms with van der Waals surface area (Å²) < 4.78 is 10.8. The Morgan fingerprint density at radius 1 is 1.35 bits per heavy atom. The summed E-state index contributed by atoms with van der Waals surface area (Å²) in [4.78, 5) is 0. The molecule has 0 saturated carbocycles. The number of fused-ring (bicyclic) bond motifs is 1. The zero-order valence-corrected chi connectivity index (χ0v) is 9.23. The van der Waals surface area contributed by atoms with Crippen LogP contribution in [0.1, 0.15) is 0 Å². The van der Waals surface area contributed by atoms with Crippen LogP contribution in [0.15, 0.2) is 34.9 Å². The molecule has 0 aliphatic rings. The average molecular weight is 229 g/mol. The van der Waals surface area contributed by atoms with Crippen molar-refractivity contribution < 1.29 is 9.15 Å². The highest BCUT2D eigenvalue weighted by molar-refractivity contribution is 5.85. The Bertz CT molecular complexity index is 669. The molecule has 3 N–H and O–H groups in total. The highest BCUT2D eigenvalue weighted by Gasteiger charge is 2.11. The van der Waals surface area contributed by atoms with E-state index in [2.05, 4.69) is 10.2 Å². The molecule has 17 heavy (non-hydrogen) atoms. The molecule has 86 valence electrons. The number of aromatic nitrogens is 2. The van der Waals surface area contributed by atoms with Crippen LogP contribution in [0.25, 0.3) is 22.4 Å². The molecular formula is C12H11N3O2. The van der Waals surface area contributed by atoms with Crippen molar-refractivity contribution in [2.45, 2.75) is 0 Å². The summed E-state index contributed by atoms with van der Waals surface area (Å²) in [5, 5.41) is 7.67. The first-order valence-corrected chi connectivity index (χ1v) is 5.15. The quantitative estimate of drug-likeness (QED) is 0.707. The highest BCUT2D eigenvalue weighted by atomic mass is 16.5. The summed E-state index contributed by atoms with van der Waals surface area (Å²) in [6.07, 6.45) is 1.56. The average Bonchev–Trinajstić information content (AvgIpc) is 2.93. The number of nitrogen functional groups attached to an aromatic ring is 1. The molecule has 0 fully saturated rings. The third kappa shape index (κ3) is 1.52. The van der Waals surface area contributed by atoms with Crippen molar-refractivity contribution in [1.82, 2.24) is 10.2 Å². The number of aromatic amines is 1. The Kier molecular flexibility index (Phi) is 2.04. The van der Waals surface area contributed by atoms with Gasteiger partial charge in [-0.2, -0.15) is 5.10 Å². The van der Waals surface area contributed by atoms with E-state index in [1.54, 1.807) is 13.3 Å². The third-order valence-electron chi connectivity index (χ3n) is 2.64. The molecule has 0 amide bonds. The minimum absolute atomic E-state index is 0.566. The minimum Gasteiger partial charge on any atom is -0.497 e. The highest BCUT2D eigenvalue weighted by Crippen LogP contribution is 2.31. The molecular weight excluding hydrogens is 218 g/mol. The summed E-state index contributed by atoms with van der Waals surface area (Å²) >= 11 is 0. The summed E-state index contributed by atoms with van der Waals surface area (Å²) in [5.41, 5.74) is 7.79. The van der Waals surface area contributed by atoms with E-state index >= 15 is 0 Å². The number of hydrogen-bond donors (Lipinski definition) is 2. The molecule has 3 aromatic rings. The molecule has 0 bridgehead atoms. The van der Waals surface area contributed by atoms with Crippen molar-refractivity contribution >= 4 is 16.7 Å². The van der Waals surface area contributed by atoms with Gasteiger partial charge < -0.3 is 14.9 Å². The van der Waals surface area contributed by atoms with Gasteiger partial charge in [0.2, 0.25) is 0 Å². The molecule has 2 heterocycles. The number of nitrogens with zero attached hydrogens (tertiary/aromatic N) is 1. The molecule has 2 aromatic heterocycles. The van der Waals surface area contributed by atoms with Crippen LogP contribution in [-0.4, -0.2) is 17.3 Å². The van der Waals surface area contributed by atoms with Crippen LogP contribution in [0.3, 0.4) is 0 Å². The van der Waals surface area contributed by atoms with Gasteiger partial charge in [0, 0.05) is 11.5 Å². The summed E-state index contributed by atoms with van der Waals surface area (Å²) in [7, 11) is 1.62. The zero-order chi connectivity index (χ0) is 11.8. The van der Waals surface area contributed by atoms with Crippen LogP contribution in [0, 0.1) is 0 Å². The maximum Gasteiger partial charge on any atom is 0.155 e. The van der Waals surface area contributed by atoms with Gasteiger partial charge in [0.1, 0.15) is 17.0 Å². The molecule has 0 radical (unpaired) electrons. The van der Waals surface area contributed by atoms with Crippen LogP contribution < -0.4 is 10.5 Å². The van der Waals surface area contributed by atoms with E-state index in [0.717, 1.165) is 16.7 Å². The van der Waals surface area contributed by atoms with Gasteiger partial charge in [-0.15, -0.1) is 0 Å². The number of H-pyrrole nitrogens is 1. The molecule has 1 aromatic carbocycles. The molecule has 0 spiro atoms. The number of methoxy groups -OCH3 is 1.